The van der Waals surface area contributed by atoms with E-state index in [1.54, 1.807) is 12.4 Å². The fraction of sp³-hybridized carbons (Fsp3) is 0.250. The maximum atomic E-state index is 3.75. The number of rotatable bonds is 4. The van der Waals surface area contributed by atoms with Gasteiger partial charge in [0.25, 0.3) is 0 Å². The van der Waals surface area contributed by atoms with Crippen LogP contribution in [0.15, 0.2) is 37.7 Å². The molecule has 0 rings (SSSR count). The van der Waals surface area contributed by atoms with E-state index in [2.05, 4.69) is 19.7 Å². The molecule has 0 aliphatic rings. The molecule has 0 unspecified atom stereocenters. The number of hydrogen-bond donors (Lipinski definition) is 0. The van der Waals surface area contributed by atoms with E-state index in [0.29, 0.717) is 0 Å². The molecule has 0 radical (unpaired) electrons. The van der Waals surface area contributed by atoms with Crippen molar-refractivity contribution in [3.8, 4) is 0 Å². The summed E-state index contributed by atoms with van der Waals surface area (Å²) in [6, 6.07) is 0. The minimum absolute atomic E-state index is 0.812. The van der Waals surface area contributed by atoms with Gasteiger partial charge in [-0.2, -0.15) is 0 Å². The number of nitrogens with zero attached hydrogens (tertiary/aromatic N) is 1. The molecule has 0 bridgehead atoms. The summed E-state index contributed by atoms with van der Waals surface area (Å²) in [5.41, 5.74) is 1.11. The minimum atomic E-state index is 0.812. The summed E-state index contributed by atoms with van der Waals surface area (Å²) in [4.78, 5) is 1.88. The van der Waals surface area contributed by atoms with E-state index in [-0.39, 0.29) is 0 Å². The molecule has 0 heterocycles. The Hall–Kier alpha value is -0.980. The van der Waals surface area contributed by atoms with Gasteiger partial charge in [-0.15, -0.1) is 0 Å². The summed E-state index contributed by atoms with van der Waals surface area (Å²) in [5.74, 6) is 0. The summed E-state index contributed by atoms with van der Waals surface area (Å²) in [6.45, 7) is 13.7. The van der Waals surface area contributed by atoms with E-state index in [9.17, 15) is 0 Å². The van der Waals surface area contributed by atoms with Crippen LogP contribution in [0.25, 0.3) is 0 Å². The van der Waals surface area contributed by atoms with E-state index in [1.807, 2.05) is 11.8 Å². The van der Waals surface area contributed by atoms with Crippen molar-refractivity contribution in [2.45, 2.75) is 6.92 Å². The third-order valence-corrected chi connectivity index (χ3v) is 0.922. The molecular formula is C8H13N. The van der Waals surface area contributed by atoms with Crippen molar-refractivity contribution in [3.05, 3.63) is 37.7 Å². The van der Waals surface area contributed by atoms with E-state index < -0.39 is 0 Å². The molecule has 0 saturated heterocycles. The van der Waals surface area contributed by atoms with E-state index in [4.69, 9.17) is 0 Å². The Morgan fingerprint density at radius 1 is 1.44 bits per heavy atom. The van der Waals surface area contributed by atoms with Crippen molar-refractivity contribution in [3.63, 3.8) is 0 Å². The predicted molar refractivity (Wildman–Crippen MR) is 41.9 cm³/mol. The van der Waals surface area contributed by atoms with Gasteiger partial charge in [-0.3, -0.25) is 0 Å². The molecule has 0 aliphatic carbocycles. The molecule has 0 fully saturated rings. The van der Waals surface area contributed by atoms with Gasteiger partial charge >= 0.3 is 0 Å². The highest BCUT2D eigenvalue weighted by Gasteiger charge is 1.89. The first-order chi connectivity index (χ1) is 4.20. The Bertz CT molecular complexity index is 117. The van der Waals surface area contributed by atoms with E-state index >= 15 is 0 Å². The second-order valence-corrected chi connectivity index (χ2v) is 1.99. The fourth-order valence-corrected chi connectivity index (χ4v) is 0.515. The van der Waals surface area contributed by atoms with Crippen LogP contribution in [-0.4, -0.2) is 11.4 Å². The van der Waals surface area contributed by atoms with Crippen molar-refractivity contribution in [2.24, 2.45) is 0 Å². The molecule has 0 amide bonds. The molecule has 0 atom stereocenters. The van der Waals surface area contributed by atoms with Crippen LogP contribution in [0.5, 0.6) is 0 Å². The Kier molecular flexibility index (Phi) is 3.52. The second-order valence-electron chi connectivity index (χ2n) is 1.99. The van der Waals surface area contributed by atoms with Crippen molar-refractivity contribution >= 4 is 0 Å². The van der Waals surface area contributed by atoms with Crippen molar-refractivity contribution < 1.29 is 0 Å². The lowest BCUT2D eigenvalue weighted by atomic mass is 10.3. The molecular weight excluding hydrogens is 110 g/mol. The Morgan fingerprint density at radius 3 is 2.00 bits per heavy atom. The summed E-state index contributed by atoms with van der Waals surface area (Å²) >= 11 is 0. The van der Waals surface area contributed by atoms with Crippen LogP contribution in [0.3, 0.4) is 0 Å². The maximum Gasteiger partial charge on any atom is 0.0424 e. The summed E-state index contributed by atoms with van der Waals surface area (Å²) in [6.07, 6.45) is 3.45. The van der Waals surface area contributed by atoms with Crippen LogP contribution in [0.4, 0.5) is 0 Å². The molecule has 0 aromatic carbocycles. The van der Waals surface area contributed by atoms with Gasteiger partial charge < -0.3 is 4.90 Å². The molecule has 0 aliphatic heterocycles. The first kappa shape index (κ1) is 8.02. The first-order valence-electron chi connectivity index (χ1n) is 2.86. The molecule has 1 nitrogen and oxygen atoms in total. The normalized spacial score (nSPS) is 8.11. The largest absolute Gasteiger partial charge is 0.351 e. The zero-order valence-electron chi connectivity index (χ0n) is 5.93. The van der Waals surface area contributed by atoms with Crippen LogP contribution in [0.2, 0.25) is 0 Å². The van der Waals surface area contributed by atoms with Gasteiger partial charge in [-0.25, -0.2) is 0 Å². The molecule has 1 heteroatoms. The molecule has 9 heavy (non-hydrogen) atoms. The van der Waals surface area contributed by atoms with Crippen LogP contribution in [0, 0.1) is 0 Å². The topological polar surface area (TPSA) is 3.24 Å². The summed E-state index contributed by atoms with van der Waals surface area (Å²) < 4.78 is 0. The fourth-order valence-electron chi connectivity index (χ4n) is 0.515. The lowest BCUT2D eigenvalue weighted by molar-refractivity contribution is 0.555. The molecule has 0 saturated carbocycles. The zero-order chi connectivity index (χ0) is 7.28. The Balaban J connectivity index is 3.68. The van der Waals surface area contributed by atoms with Gasteiger partial charge in [0.1, 0.15) is 0 Å². The zero-order valence-corrected chi connectivity index (χ0v) is 5.93. The molecule has 0 spiro atoms. The van der Waals surface area contributed by atoms with Crippen LogP contribution >= 0.6 is 0 Å². The average molecular weight is 123 g/mol. The lowest BCUT2D eigenvalue weighted by Gasteiger charge is -2.12. The van der Waals surface area contributed by atoms with Gasteiger partial charge in [0.15, 0.2) is 0 Å². The van der Waals surface area contributed by atoms with Gasteiger partial charge in [0, 0.05) is 6.54 Å². The SMILES string of the molecule is C=CN(C=C)CC(=C)C. The summed E-state index contributed by atoms with van der Waals surface area (Å²) in [5, 5.41) is 0. The van der Waals surface area contributed by atoms with Crippen molar-refractivity contribution in [2.75, 3.05) is 6.54 Å². The first-order valence-corrected chi connectivity index (χ1v) is 2.86. The highest BCUT2D eigenvalue weighted by atomic mass is 15.1. The number of hydrogen-bond acceptors (Lipinski definition) is 1. The molecule has 0 N–H and O–H groups in total. The van der Waals surface area contributed by atoms with Crippen LogP contribution in [-0.2, 0) is 0 Å². The smallest absolute Gasteiger partial charge is 0.0424 e. The van der Waals surface area contributed by atoms with E-state index in [1.165, 1.54) is 0 Å². The van der Waals surface area contributed by atoms with Crippen molar-refractivity contribution in [1.29, 1.82) is 0 Å². The van der Waals surface area contributed by atoms with E-state index in [0.717, 1.165) is 12.1 Å². The molecule has 0 aromatic rings. The third-order valence-electron chi connectivity index (χ3n) is 0.922. The van der Waals surface area contributed by atoms with Gasteiger partial charge in [-0.1, -0.05) is 25.3 Å². The summed E-state index contributed by atoms with van der Waals surface area (Å²) in [7, 11) is 0. The minimum Gasteiger partial charge on any atom is -0.351 e. The Labute approximate surface area is 57.0 Å². The van der Waals surface area contributed by atoms with Crippen LogP contribution in [0.1, 0.15) is 6.92 Å². The van der Waals surface area contributed by atoms with Gasteiger partial charge in [0.2, 0.25) is 0 Å². The second kappa shape index (κ2) is 3.96. The molecule has 50 valence electrons. The standard InChI is InChI=1S/C8H13N/c1-5-9(6-2)7-8(3)4/h5-6H,1-3,7H2,4H3. The van der Waals surface area contributed by atoms with Gasteiger partial charge in [0.05, 0.1) is 0 Å². The highest BCUT2D eigenvalue weighted by molar-refractivity contribution is 4.96. The van der Waals surface area contributed by atoms with Crippen LogP contribution < -0.4 is 0 Å². The quantitative estimate of drug-likeness (QED) is 0.518. The Morgan fingerprint density at radius 2 is 1.89 bits per heavy atom. The van der Waals surface area contributed by atoms with Gasteiger partial charge in [-0.05, 0) is 19.3 Å². The molecule has 0 aromatic heterocycles. The highest BCUT2D eigenvalue weighted by Crippen LogP contribution is 1.94. The lowest BCUT2D eigenvalue weighted by Crippen LogP contribution is -2.10. The average Bonchev–Trinajstić information content (AvgIpc) is 1.82. The maximum absolute atomic E-state index is 3.75. The predicted octanol–water partition coefficient (Wildman–Crippen LogP) is 2.15. The van der Waals surface area contributed by atoms with Crippen molar-refractivity contribution in [1.82, 2.24) is 4.90 Å². The monoisotopic (exact) mass is 123 g/mol. The third kappa shape index (κ3) is 3.59.